The maximum Gasteiger partial charge on any atom is 0.0509 e. The van der Waals surface area contributed by atoms with E-state index < -0.39 is 0 Å². The highest BCUT2D eigenvalue weighted by atomic mass is 127. The van der Waals surface area contributed by atoms with Gasteiger partial charge in [-0.2, -0.15) is 0 Å². The largest absolute Gasteiger partial charge is 0.396 e. The summed E-state index contributed by atoms with van der Waals surface area (Å²) < 4.78 is 2.74. The van der Waals surface area contributed by atoms with Gasteiger partial charge in [0.25, 0.3) is 0 Å². The lowest BCUT2D eigenvalue weighted by Crippen LogP contribution is -2.10. The summed E-state index contributed by atoms with van der Waals surface area (Å²) in [5.41, 5.74) is 0.751. The third-order valence-corrected chi connectivity index (χ3v) is 6.39. The Hall–Kier alpha value is 1.38. The molecule has 14 heavy (non-hydrogen) atoms. The average Bonchev–Trinajstić information content (AvgIpc) is 3.15. The number of aliphatic hydroxyl groups excluding tert-OH is 2. The fourth-order valence-corrected chi connectivity index (χ4v) is 4.12. The van der Waals surface area contributed by atoms with Crippen LogP contribution in [-0.2, 0) is 0 Å². The quantitative estimate of drug-likeness (QED) is 0.538. The lowest BCUT2D eigenvalue weighted by atomic mass is 10.1. The van der Waals surface area contributed by atoms with Crippen molar-refractivity contribution in [2.75, 3.05) is 22.1 Å². The molecule has 84 valence electrons. The van der Waals surface area contributed by atoms with Crippen LogP contribution in [0.25, 0.3) is 0 Å². The lowest BCUT2D eigenvalue weighted by molar-refractivity contribution is 0.134. The van der Waals surface area contributed by atoms with Crippen molar-refractivity contribution in [3.63, 3.8) is 0 Å². The van der Waals surface area contributed by atoms with Crippen LogP contribution < -0.4 is 0 Å². The van der Waals surface area contributed by atoms with E-state index in [0.717, 1.165) is 18.3 Å². The molecule has 2 saturated carbocycles. The number of alkyl halides is 2. The van der Waals surface area contributed by atoms with E-state index in [-0.39, 0.29) is 18.6 Å². The second-order valence-corrected chi connectivity index (χ2v) is 6.11. The highest BCUT2D eigenvalue weighted by Crippen LogP contribution is 2.48. The van der Waals surface area contributed by atoms with E-state index in [0.29, 0.717) is 0 Å². The van der Waals surface area contributed by atoms with Crippen molar-refractivity contribution in [2.24, 2.45) is 10.8 Å². The van der Waals surface area contributed by atoms with E-state index in [2.05, 4.69) is 45.2 Å². The van der Waals surface area contributed by atoms with Gasteiger partial charge in [-0.3, -0.25) is 0 Å². The first-order valence-electron chi connectivity index (χ1n) is 5.00. The Morgan fingerprint density at radius 2 is 1.14 bits per heavy atom. The van der Waals surface area contributed by atoms with Crippen molar-refractivity contribution in [3.05, 3.63) is 0 Å². The molecule has 2 aliphatic rings. The number of aliphatic hydroxyl groups is 2. The number of rotatable bonds is 4. The molecule has 0 aliphatic heterocycles. The molecule has 0 spiro atoms. The molecule has 2 nitrogen and oxygen atoms in total. The number of hydrogen-bond acceptors (Lipinski definition) is 2. The molecule has 0 unspecified atom stereocenters. The zero-order chi connectivity index (χ0) is 10.7. The number of hydrogen-bond donors (Lipinski definition) is 2. The van der Waals surface area contributed by atoms with Gasteiger partial charge in [-0.15, -0.1) is 0 Å². The molecule has 0 radical (unpaired) electrons. The van der Waals surface area contributed by atoms with Crippen LogP contribution in [0.5, 0.6) is 0 Å². The molecular weight excluding hydrogens is 406 g/mol. The summed E-state index contributed by atoms with van der Waals surface area (Å²) in [6, 6.07) is 0. The van der Waals surface area contributed by atoms with Crippen molar-refractivity contribution in [1.29, 1.82) is 0 Å². The van der Waals surface area contributed by atoms with Gasteiger partial charge in [0.1, 0.15) is 0 Å². The Balaban J connectivity index is 0.000000140. The molecule has 2 aliphatic carbocycles. The van der Waals surface area contributed by atoms with Crippen LogP contribution in [0.2, 0.25) is 0 Å². The molecule has 2 fully saturated rings. The second-order valence-electron chi connectivity index (χ2n) is 4.58. The Morgan fingerprint density at radius 3 is 1.14 bits per heavy atom. The van der Waals surface area contributed by atoms with Crippen LogP contribution >= 0.6 is 45.2 Å². The predicted molar refractivity (Wildman–Crippen MR) is 75.3 cm³/mol. The molecule has 0 aromatic heterocycles. The van der Waals surface area contributed by atoms with E-state index in [1.165, 1.54) is 21.7 Å². The standard InChI is InChI=1S/C5H8I2.C5H10O2/c2*6-3-5(4-7)1-2-5/h1-4H2;6-7H,1-4H2. The van der Waals surface area contributed by atoms with E-state index in [1.54, 1.807) is 0 Å². The normalized spacial score (nSPS) is 24.9. The first kappa shape index (κ1) is 13.4. The average molecular weight is 424 g/mol. The summed E-state index contributed by atoms with van der Waals surface area (Å²) in [5.74, 6) is 0. The van der Waals surface area contributed by atoms with Gasteiger partial charge >= 0.3 is 0 Å². The van der Waals surface area contributed by atoms with Gasteiger partial charge in [0.2, 0.25) is 0 Å². The highest BCUT2D eigenvalue weighted by Gasteiger charge is 2.41. The zero-order valence-electron chi connectivity index (χ0n) is 8.31. The Bertz CT molecular complexity index is 145. The summed E-state index contributed by atoms with van der Waals surface area (Å²) in [7, 11) is 0. The molecule has 2 N–H and O–H groups in total. The summed E-state index contributed by atoms with van der Waals surface area (Å²) >= 11 is 4.98. The van der Waals surface area contributed by atoms with Crippen LogP contribution in [0, 0.1) is 10.8 Å². The molecule has 0 amide bonds. The fraction of sp³-hybridized carbons (Fsp3) is 1.00. The molecule has 4 heteroatoms. The van der Waals surface area contributed by atoms with E-state index >= 15 is 0 Å². The van der Waals surface area contributed by atoms with Gasteiger partial charge in [0, 0.05) is 14.3 Å². The van der Waals surface area contributed by atoms with Crippen molar-refractivity contribution < 1.29 is 10.2 Å². The minimum atomic E-state index is -0.0556. The molecule has 0 saturated heterocycles. The molecule has 0 aromatic carbocycles. The highest BCUT2D eigenvalue weighted by molar-refractivity contribution is 14.1. The van der Waals surface area contributed by atoms with Crippen molar-refractivity contribution in [2.45, 2.75) is 25.7 Å². The van der Waals surface area contributed by atoms with E-state index in [4.69, 9.17) is 10.2 Å². The topological polar surface area (TPSA) is 40.5 Å². The second kappa shape index (κ2) is 5.63. The van der Waals surface area contributed by atoms with Crippen LogP contribution in [-0.4, -0.2) is 32.3 Å². The molecular formula is C10H18I2O2. The SMILES string of the molecule is ICC1(CI)CC1.OCC1(CO)CC1. The molecule has 0 bridgehead atoms. The number of halogens is 2. The van der Waals surface area contributed by atoms with E-state index in [1.807, 2.05) is 0 Å². The smallest absolute Gasteiger partial charge is 0.0509 e. The van der Waals surface area contributed by atoms with Crippen LogP contribution in [0.4, 0.5) is 0 Å². The van der Waals surface area contributed by atoms with Crippen LogP contribution in [0.3, 0.4) is 0 Å². The lowest BCUT2D eigenvalue weighted by Gasteiger charge is -2.02. The fourth-order valence-electron chi connectivity index (χ4n) is 1.02. The Labute approximate surface area is 113 Å². The molecule has 0 heterocycles. The Kier molecular flexibility index (Phi) is 5.41. The maximum absolute atomic E-state index is 8.50. The predicted octanol–water partition coefficient (Wildman–Crippen LogP) is 2.39. The first-order chi connectivity index (χ1) is 6.66. The third-order valence-electron chi connectivity index (χ3n) is 3.15. The minimum Gasteiger partial charge on any atom is -0.396 e. The van der Waals surface area contributed by atoms with Gasteiger partial charge in [-0.25, -0.2) is 0 Å². The van der Waals surface area contributed by atoms with Crippen molar-refractivity contribution >= 4 is 45.2 Å². The van der Waals surface area contributed by atoms with Gasteiger partial charge in [-0.05, 0) is 31.1 Å². The summed E-state index contributed by atoms with van der Waals surface area (Å²) in [6.45, 7) is 0.312. The van der Waals surface area contributed by atoms with Crippen LogP contribution in [0.15, 0.2) is 0 Å². The third kappa shape index (κ3) is 3.75. The van der Waals surface area contributed by atoms with Gasteiger partial charge in [-0.1, -0.05) is 45.2 Å². The molecule has 0 atom stereocenters. The van der Waals surface area contributed by atoms with Gasteiger partial charge in [0.15, 0.2) is 0 Å². The first-order valence-corrected chi connectivity index (χ1v) is 8.05. The minimum absolute atomic E-state index is 0.0556. The Morgan fingerprint density at radius 1 is 0.786 bits per heavy atom. The summed E-state index contributed by atoms with van der Waals surface area (Å²) in [6.07, 6.45) is 4.97. The van der Waals surface area contributed by atoms with Crippen molar-refractivity contribution in [3.8, 4) is 0 Å². The monoisotopic (exact) mass is 424 g/mol. The van der Waals surface area contributed by atoms with Crippen molar-refractivity contribution in [1.82, 2.24) is 0 Å². The van der Waals surface area contributed by atoms with Gasteiger partial charge in [0.05, 0.1) is 13.2 Å². The molecule has 0 aromatic rings. The van der Waals surface area contributed by atoms with Gasteiger partial charge < -0.3 is 10.2 Å². The molecule has 2 rings (SSSR count). The van der Waals surface area contributed by atoms with Crippen LogP contribution in [0.1, 0.15) is 25.7 Å². The zero-order valence-corrected chi connectivity index (χ0v) is 12.6. The van der Waals surface area contributed by atoms with E-state index in [9.17, 15) is 0 Å². The summed E-state index contributed by atoms with van der Waals surface area (Å²) in [4.78, 5) is 0. The summed E-state index contributed by atoms with van der Waals surface area (Å²) in [5, 5.41) is 17.0. The maximum atomic E-state index is 8.50.